The van der Waals surface area contributed by atoms with Crippen LogP contribution in [0, 0.1) is 6.92 Å². The van der Waals surface area contributed by atoms with Gasteiger partial charge in [-0.25, -0.2) is 22.9 Å². The number of imidazole rings is 1. The molecule has 9 nitrogen and oxygen atoms in total. The van der Waals surface area contributed by atoms with Crippen molar-refractivity contribution in [1.82, 2.24) is 24.2 Å². The second-order valence-corrected chi connectivity index (χ2v) is 10.8. The summed E-state index contributed by atoms with van der Waals surface area (Å²) in [7, 11) is 0. The second-order valence-electron chi connectivity index (χ2n) is 10.8. The lowest BCUT2D eigenvalue weighted by Crippen LogP contribution is -2.38. The van der Waals surface area contributed by atoms with Gasteiger partial charge in [0.1, 0.15) is 18.5 Å². The number of morpholine rings is 1. The number of carbonyl (C=O) groups is 1. The highest BCUT2D eigenvalue weighted by Crippen LogP contribution is 2.38. The second kappa shape index (κ2) is 12.4. The van der Waals surface area contributed by atoms with Crippen molar-refractivity contribution in [3.05, 3.63) is 65.4 Å². The molecule has 2 atom stereocenters. The Morgan fingerprint density at radius 1 is 1.19 bits per heavy atom. The normalized spacial score (nSPS) is 17.9. The van der Waals surface area contributed by atoms with Crippen LogP contribution < -0.4 is 4.74 Å². The number of aryl methyl sites for hydroxylation is 1. The highest BCUT2D eigenvalue weighted by atomic mass is 19.3. The van der Waals surface area contributed by atoms with Crippen LogP contribution in [0.1, 0.15) is 41.9 Å². The number of carbonyl (C=O) groups excluding carboxylic acids is 1. The first-order valence-electron chi connectivity index (χ1n) is 14.5. The van der Waals surface area contributed by atoms with Gasteiger partial charge in [0.15, 0.2) is 6.04 Å². The maximum atomic E-state index is 14.4. The van der Waals surface area contributed by atoms with Gasteiger partial charge in [-0.05, 0) is 48.7 Å². The molecule has 0 amide bonds. The average molecular weight is 598 g/mol. The van der Waals surface area contributed by atoms with E-state index in [4.69, 9.17) is 14.2 Å². The Kier molecular flexibility index (Phi) is 8.40. The molecule has 1 fully saturated rings. The third kappa shape index (κ3) is 5.85. The van der Waals surface area contributed by atoms with Crippen LogP contribution in [0.4, 0.5) is 13.2 Å². The first-order chi connectivity index (χ1) is 20.8. The van der Waals surface area contributed by atoms with Crippen molar-refractivity contribution in [2.75, 3.05) is 46.1 Å². The Hall–Kier alpha value is -3.90. The highest BCUT2D eigenvalue weighted by Gasteiger charge is 2.35. The van der Waals surface area contributed by atoms with E-state index in [1.807, 2.05) is 31.2 Å². The van der Waals surface area contributed by atoms with Crippen LogP contribution in [0.3, 0.4) is 0 Å². The molecule has 43 heavy (non-hydrogen) atoms. The highest BCUT2D eigenvalue weighted by molar-refractivity contribution is 5.92. The standard InChI is InChI=1S/C31H34F3N5O4/c1-3-42-31(40)29(28-26-14-21(32)16-38(26)18-35-28)39-17-25-24(30(33)34)15-23(19(2)27(25)36-39)20-4-6-22(7-5-20)43-13-10-37-8-11-41-12-9-37/h4-7,15,17-18,21,29-30H,3,8-14,16H2,1-2H3/t21-,29?/m1/s1. The number of fused-ring (bicyclic) bond motifs is 2. The summed E-state index contributed by atoms with van der Waals surface area (Å²) in [4.78, 5) is 19.9. The molecule has 0 aliphatic carbocycles. The van der Waals surface area contributed by atoms with Crippen molar-refractivity contribution >= 4 is 16.9 Å². The smallest absolute Gasteiger partial charge is 0.337 e. The van der Waals surface area contributed by atoms with Crippen LogP contribution in [0.25, 0.3) is 22.0 Å². The largest absolute Gasteiger partial charge is 0.492 e. The molecule has 2 aliphatic rings. The summed E-state index contributed by atoms with van der Waals surface area (Å²) >= 11 is 0. The van der Waals surface area contributed by atoms with Crippen LogP contribution >= 0.6 is 0 Å². The monoisotopic (exact) mass is 597 g/mol. The first kappa shape index (κ1) is 29.2. The van der Waals surface area contributed by atoms with E-state index in [-0.39, 0.29) is 30.5 Å². The van der Waals surface area contributed by atoms with Crippen LogP contribution in [0.2, 0.25) is 0 Å². The molecule has 0 radical (unpaired) electrons. The molecule has 0 bridgehead atoms. The first-order valence-corrected chi connectivity index (χ1v) is 14.5. The van der Waals surface area contributed by atoms with Gasteiger partial charge in [0.2, 0.25) is 0 Å². The van der Waals surface area contributed by atoms with Crippen LogP contribution in [0.15, 0.2) is 42.9 Å². The number of ether oxygens (including phenoxy) is 3. The van der Waals surface area contributed by atoms with Gasteiger partial charge in [0.25, 0.3) is 6.43 Å². The summed E-state index contributed by atoms with van der Waals surface area (Å²) in [6.45, 7) is 8.30. The molecule has 4 aromatic rings. The van der Waals surface area contributed by atoms with Gasteiger partial charge in [-0.15, -0.1) is 0 Å². The molecular formula is C31H34F3N5O4. The molecule has 0 spiro atoms. The molecule has 4 heterocycles. The fourth-order valence-electron chi connectivity index (χ4n) is 5.89. The third-order valence-electron chi connectivity index (χ3n) is 8.10. The van der Waals surface area contributed by atoms with Gasteiger partial charge in [0.05, 0.1) is 43.9 Å². The summed E-state index contributed by atoms with van der Waals surface area (Å²) in [6.07, 6.45) is -0.844. The molecule has 2 aliphatic heterocycles. The molecule has 2 aromatic heterocycles. The Labute approximate surface area is 247 Å². The molecule has 1 saturated heterocycles. The Morgan fingerprint density at radius 3 is 2.67 bits per heavy atom. The van der Waals surface area contributed by atoms with Crippen LogP contribution in [-0.2, 0) is 27.2 Å². The van der Waals surface area contributed by atoms with Gasteiger partial charge in [0, 0.05) is 48.9 Å². The van der Waals surface area contributed by atoms with E-state index in [1.54, 1.807) is 11.5 Å². The lowest BCUT2D eigenvalue weighted by atomic mass is 9.95. The van der Waals surface area contributed by atoms with Crippen molar-refractivity contribution in [3.63, 3.8) is 0 Å². The van der Waals surface area contributed by atoms with Crippen molar-refractivity contribution in [2.24, 2.45) is 0 Å². The number of aromatic nitrogens is 4. The van der Waals surface area contributed by atoms with E-state index in [9.17, 15) is 18.0 Å². The molecule has 1 unspecified atom stereocenters. The zero-order valence-electron chi connectivity index (χ0n) is 24.1. The Balaban J connectivity index is 1.32. The topological polar surface area (TPSA) is 83.6 Å². The number of hydrogen-bond acceptors (Lipinski definition) is 7. The van der Waals surface area contributed by atoms with Gasteiger partial charge in [-0.3, -0.25) is 9.58 Å². The third-order valence-corrected chi connectivity index (χ3v) is 8.10. The number of hydrogen-bond donors (Lipinski definition) is 0. The zero-order valence-corrected chi connectivity index (χ0v) is 24.1. The SMILES string of the molecule is CCOC(=O)C(c1ncn2c1C[C@@H](F)C2)n1cc2c(C(F)F)cc(-c3ccc(OCCN4CCOCC4)cc3)c(C)c2n1. The van der Waals surface area contributed by atoms with E-state index < -0.39 is 24.6 Å². The number of rotatable bonds is 10. The van der Waals surface area contributed by atoms with Gasteiger partial charge >= 0.3 is 5.97 Å². The average Bonchev–Trinajstić information content (AvgIpc) is 3.70. The lowest BCUT2D eigenvalue weighted by molar-refractivity contribution is -0.146. The van der Waals surface area contributed by atoms with Crippen molar-refractivity contribution in [2.45, 2.75) is 45.5 Å². The molecule has 2 aromatic carbocycles. The minimum absolute atomic E-state index is 0.102. The summed E-state index contributed by atoms with van der Waals surface area (Å²) < 4.78 is 62.7. The van der Waals surface area contributed by atoms with Crippen molar-refractivity contribution < 1.29 is 32.2 Å². The molecule has 0 N–H and O–H groups in total. The lowest BCUT2D eigenvalue weighted by Gasteiger charge is -2.26. The van der Waals surface area contributed by atoms with Gasteiger partial charge in [-0.2, -0.15) is 5.10 Å². The summed E-state index contributed by atoms with van der Waals surface area (Å²) in [5.74, 6) is 0.0503. The minimum Gasteiger partial charge on any atom is -0.492 e. The fraction of sp³-hybridized carbons (Fsp3) is 0.452. The maximum absolute atomic E-state index is 14.4. The quantitative estimate of drug-likeness (QED) is 0.241. The zero-order chi connectivity index (χ0) is 30.1. The summed E-state index contributed by atoms with van der Waals surface area (Å²) in [6, 6.07) is 7.67. The van der Waals surface area contributed by atoms with Crippen LogP contribution in [-0.4, -0.2) is 82.4 Å². The van der Waals surface area contributed by atoms with E-state index in [0.29, 0.717) is 40.4 Å². The van der Waals surface area contributed by atoms with Crippen molar-refractivity contribution in [1.29, 1.82) is 0 Å². The van der Waals surface area contributed by atoms with E-state index in [0.717, 1.165) is 38.4 Å². The van der Waals surface area contributed by atoms with Gasteiger partial charge < -0.3 is 18.8 Å². The van der Waals surface area contributed by atoms with Gasteiger partial charge in [-0.1, -0.05) is 12.1 Å². The van der Waals surface area contributed by atoms with E-state index in [1.165, 1.54) is 23.3 Å². The number of nitrogens with zero attached hydrogens (tertiary/aromatic N) is 5. The molecule has 0 saturated carbocycles. The molecule has 12 heteroatoms. The minimum atomic E-state index is -2.78. The Morgan fingerprint density at radius 2 is 1.95 bits per heavy atom. The number of benzene rings is 2. The van der Waals surface area contributed by atoms with Crippen molar-refractivity contribution in [3.8, 4) is 16.9 Å². The summed E-state index contributed by atoms with van der Waals surface area (Å²) in [5, 5.41) is 4.88. The predicted molar refractivity (Wildman–Crippen MR) is 153 cm³/mol. The van der Waals surface area contributed by atoms with E-state index >= 15 is 0 Å². The number of alkyl halides is 3. The Bertz CT molecular complexity index is 1600. The molecule has 228 valence electrons. The summed E-state index contributed by atoms with van der Waals surface area (Å²) in [5.41, 5.74) is 3.04. The molecule has 6 rings (SSSR count). The molecular weight excluding hydrogens is 563 g/mol. The number of halogens is 3. The van der Waals surface area contributed by atoms with E-state index in [2.05, 4.69) is 15.0 Å². The maximum Gasteiger partial charge on any atom is 0.337 e. The fourth-order valence-corrected chi connectivity index (χ4v) is 5.89. The van der Waals surface area contributed by atoms with Crippen LogP contribution in [0.5, 0.6) is 5.75 Å². The number of esters is 1. The predicted octanol–water partition coefficient (Wildman–Crippen LogP) is 4.90.